The van der Waals surface area contributed by atoms with Gasteiger partial charge in [-0.25, -0.2) is 0 Å². The first-order valence-corrected chi connectivity index (χ1v) is 4.29. The van der Waals surface area contributed by atoms with Crippen LogP contribution in [-0.4, -0.2) is 5.51 Å². The van der Waals surface area contributed by atoms with Crippen LogP contribution in [0.1, 0.15) is 5.56 Å². The summed E-state index contributed by atoms with van der Waals surface area (Å²) < 4.78 is 35.8. The van der Waals surface area contributed by atoms with Crippen molar-refractivity contribution in [1.82, 2.24) is 0 Å². The lowest BCUT2D eigenvalue weighted by Crippen LogP contribution is -1.99. The fourth-order valence-corrected chi connectivity index (χ4v) is 1.41. The average Bonchev–Trinajstić information content (AvgIpc) is 2.06. The Hall–Kier alpha value is -1.35. The SMILES string of the molecule is N#Cc1cc(SC(F)(F)F)ccc1N. The summed E-state index contributed by atoms with van der Waals surface area (Å²) in [6, 6.07) is 5.35. The van der Waals surface area contributed by atoms with Gasteiger partial charge in [-0.05, 0) is 30.0 Å². The second-order valence-corrected chi connectivity index (χ2v) is 3.55. The molecule has 1 aromatic carbocycles. The van der Waals surface area contributed by atoms with Crippen molar-refractivity contribution >= 4 is 17.4 Å². The molecule has 14 heavy (non-hydrogen) atoms. The van der Waals surface area contributed by atoms with Gasteiger partial charge in [-0.1, -0.05) is 0 Å². The van der Waals surface area contributed by atoms with Crippen LogP contribution in [0.15, 0.2) is 23.1 Å². The maximum absolute atomic E-state index is 11.9. The van der Waals surface area contributed by atoms with Gasteiger partial charge < -0.3 is 5.73 Å². The zero-order valence-corrected chi connectivity index (χ0v) is 7.62. The molecule has 0 spiro atoms. The van der Waals surface area contributed by atoms with Crippen LogP contribution in [0.2, 0.25) is 0 Å². The van der Waals surface area contributed by atoms with Crippen LogP contribution in [0.4, 0.5) is 18.9 Å². The van der Waals surface area contributed by atoms with Gasteiger partial charge in [0.2, 0.25) is 0 Å². The van der Waals surface area contributed by atoms with Crippen molar-refractivity contribution in [2.45, 2.75) is 10.4 Å². The van der Waals surface area contributed by atoms with Crippen LogP contribution in [-0.2, 0) is 0 Å². The molecular formula is C8H5F3N2S. The summed E-state index contributed by atoms with van der Waals surface area (Å²) in [7, 11) is 0. The molecule has 0 heterocycles. The summed E-state index contributed by atoms with van der Waals surface area (Å²) in [6.07, 6.45) is 0. The van der Waals surface area contributed by atoms with Crippen LogP contribution < -0.4 is 5.73 Å². The van der Waals surface area contributed by atoms with Gasteiger partial charge in [0.15, 0.2) is 0 Å². The quantitative estimate of drug-likeness (QED) is 0.582. The average molecular weight is 218 g/mol. The molecule has 0 unspecified atom stereocenters. The van der Waals surface area contributed by atoms with Crippen molar-refractivity contribution in [3.05, 3.63) is 23.8 Å². The monoisotopic (exact) mass is 218 g/mol. The highest BCUT2D eigenvalue weighted by atomic mass is 32.2. The molecule has 0 saturated carbocycles. The summed E-state index contributed by atoms with van der Waals surface area (Å²) in [5.74, 6) is 0. The van der Waals surface area contributed by atoms with E-state index >= 15 is 0 Å². The van der Waals surface area contributed by atoms with Crippen LogP contribution in [0, 0.1) is 11.3 Å². The molecule has 0 bridgehead atoms. The Labute approximate surface area is 82.5 Å². The predicted molar refractivity (Wildman–Crippen MR) is 47.5 cm³/mol. The molecule has 0 radical (unpaired) electrons. The number of benzene rings is 1. The van der Waals surface area contributed by atoms with E-state index in [0.29, 0.717) is 0 Å². The summed E-state index contributed by atoms with van der Waals surface area (Å²) >= 11 is -0.268. The lowest BCUT2D eigenvalue weighted by atomic mass is 10.2. The third kappa shape index (κ3) is 2.85. The minimum Gasteiger partial charge on any atom is -0.398 e. The van der Waals surface area contributed by atoms with Crippen molar-refractivity contribution in [3.8, 4) is 6.07 Å². The lowest BCUT2D eigenvalue weighted by Gasteiger charge is -2.06. The van der Waals surface area contributed by atoms with Crippen LogP contribution in [0.3, 0.4) is 0 Å². The largest absolute Gasteiger partial charge is 0.446 e. The molecule has 0 fully saturated rings. The van der Waals surface area contributed by atoms with Crippen molar-refractivity contribution in [2.24, 2.45) is 0 Å². The zero-order valence-electron chi connectivity index (χ0n) is 6.80. The van der Waals surface area contributed by atoms with Crippen molar-refractivity contribution in [3.63, 3.8) is 0 Å². The standard InChI is InChI=1S/C8H5F3N2S/c9-8(10,11)14-6-1-2-7(13)5(3-6)4-12/h1-3H,13H2. The number of nitrogen functional groups attached to an aromatic ring is 1. The van der Waals surface area contributed by atoms with Gasteiger partial charge in [0, 0.05) is 10.6 Å². The Morgan fingerprint density at radius 2 is 2.00 bits per heavy atom. The maximum atomic E-state index is 11.9. The fourth-order valence-electron chi connectivity index (χ4n) is 0.829. The summed E-state index contributed by atoms with van der Waals surface area (Å²) in [6.45, 7) is 0. The number of nitriles is 1. The predicted octanol–water partition coefficient (Wildman–Crippen LogP) is 2.75. The molecule has 0 aliphatic heterocycles. The second-order valence-electron chi connectivity index (χ2n) is 2.41. The summed E-state index contributed by atoms with van der Waals surface area (Å²) in [5, 5.41) is 8.52. The zero-order chi connectivity index (χ0) is 10.8. The molecule has 74 valence electrons. The summed E-state index contributed by atoms with van der Waals surface area (Å²) in [4.78, 5) is -0.0387. The third-order valence-electron chi connectivity index (χ3n) is 1.38. The van der Waals surface area contributed by atoms with E-state index in [9.17, 15) is 13.2 Å². The Kier molecular flexibility index (Phi) is 2.91. The summed E-state index contributed by atoms with van der Waals surface area (Å²) in [5.41, 5.74) is 1.24. The Balaban J connectivity index is 2.97. The molecule has 0 atom stereocenters. The topological polar surface area (TPSA) is 49.8 Å². The smallest absolute Gasteiger partial charge is 0.398 e. The van der Waals surface area contributed by atoms with Gasteiger partial charge in [-0.15, -0.1) is 0 Å². The van der Waals surface area contributed by atoms with Gasteiger partial charge in [-0.2, -0.15) is 18.4 Å². The molecule has 1 rings (SSSR count). The van der Waals surface area contributed by atoms with E-state index < -0.39 is 5.51 Å². The molecular weight excluding hydrogens is 213 g/mol. The number of thioether (sulfide) groups is 1. The number of alkyl halides is 3. The highest BCUT2D eigenvalue weighted by molar-refractivity contribution is 8.00. The number of nitrogens with zero attached hydrogens (tertiary/aromatic N) is 1. The lowest BCUT2D eigenvalue weighted by molar-refractivity contribution is -0.0328. The molecule has 2 nitrogen and oxygen atoms in total. The molecule has 0 aliphatic carbocycles. The molecule has 0 aromatic heterocycles. The normalized spacial score (nSPS) is 11.0. The van der Waals surface area contributed by atoms with E-state index in [2.05, 4.69) is 0 Å². The van der Waals surface area contributed by atoms with Crippen molar-refractivity contribution in [2.75, 3.05) is 5.73 Å². The first kappa shape index (κ1) is 10.7. The Morgan fingerprint density at radius 1 is 1.36 bits per heavy atom. The van der Waals surface area contributed by atoms with Gasteiger partial charge in [0.25, 0.3) is 0 Å². The van der Waals surface area contributed by atoms with Crippen molar-refractivity contribution in [1.29, 1.82) is 5.26 Å². The number of nitrogens with two attached hydrogens (primary N) is 1. The Morgan fingerprint density at radius 3 is 2.50 bits per heavy atom. The molecule has 1 aromatic rings. The van der Waals surface area contributed by atoms with Crippen LogP contribution in [0.25, 0.3) is 0 Å². The molecule has 2 N–H and O–H groups in total. The minimum absolute atomic E-state index is 0.0387. The minimum atomic E-state index is -4.34. The highest BCUT2D eigenvalue weighted by Crippen LogP contribution is 2.37. The van der Waals surface area contributed by atoms with E-state index in [-0.39, 0.29) is 27.9 Å². The highest BCUT2D eigenvalue weighted by Gasteiger charge is 2.29. The molecule has 0 saturated heterocycles. The van der Waals surface area contributed by atoms with E-state index in [1.165, 1.54) is 12.1 Å². The third-order valence-corrected chi connectivity index (χ3v) is 2.10. The van der Waals surface area contributed by atoms with Crippen LogP contribution >= 0.6 is 11.8 Å². The van der Waals surface area contributed by atoms with Gasteiger partial charge >= 0.3 is 5.51 Å². The van der Waals surface area contributed by atoms with Gasteiger partial charge in [-0.3, -0.25) is 0 Å². The van der Waals surface area contributed by atoms with E-state index in [4.69, 9.17) is 11.0 Å². The number of rotatable bonds is 1. The number of anilines is 1. The van der Waals surface area contributed by atoms with E-state index in [1.807, 2.05) is 0 Å². The Bertz CT molecular complexity index is 381. The second kappa shape index (κ2) is 3.80. The van der Waals surface area contributed by atoms with E-state index in [1.54, 1.807) is 6.07 Å². The first-order valence-electron chi connectivity index (χ1n) is 3.48. The molecule has 6 heteroatoms. The number of hydrogen-bond donors (Lipinski definition) is 1. The first-order chi connectivity index (χ1) is 6.42. The molecule has 0 aliphatic rings. The number of hydrogen-bond acceptors (Lipinski definition) is 3. The molecule has 0 amide bonds. The maximum Gasteiger partial charge on any atom is 0.446 e. The van der Waals surface area contributed by atoms with Gasteiger partial charge in [0.1, 0.15) is 6.07 Å². The fraction of sp³-hybridized carbons (Fsp3) is 0.125. The van der Waals surface area contributed by atoms with Crippen LogP contribution in [0.5, 0.6) is 0 Å². The number of halogens is 3. The van der Waals surface area contributed by atoms with E-state index in [0.717, 1.165) is 6.07 Å². The van der Waals surface area contributed by atoms with Crippen molar-refractivity contribution < 1.29 is 13.2 Å². The van der Waals surface area contributed by atoms with Gasteiger partial charge in [0.05, 0.1) is 5.56 Å².